The van der Waals surface area contributed by atoms with Crippen molar-refractivity contribution < 1.29 is 4.79 Å². The third kappa shape index (κ3) is 5.82. The van der Waals surface area contributed by atoms with Gasteiger partial charge >= 0.3 is 0 Å². The van der Waals surface area contributed by atoms with Gasteiger partial charge in [-0.1, -0.05) is 39.7 Å². The molecule has 0 bridgehead atoms. The number of anilines is 2. The zero-order valence-electron chi connectivity index (χ0n) is 13.2. The van der Waals surface area contributed by atoms with Crippen LogP contribution in [0.4, 0.5) is 11.4 Å². The van der Waals surface area contributed by atoms with E-state index in [1.807, 2.05) is 30.3 Å². The van der Waals surface area contributed by atoms with Crippen LogP contribution in [0, 0.1) is 11.3 Å². The molecule has 0 atom stereocenters. The summed E-state index contributed by atoms with van der Waals surface area (Å²) in [5.41, 5.74) is 7.64. The van der Waals surface area contributed by atoms with Crippen molar-refractivity contribution in [3.8, 4) is 6.07 Å². The highest BCUT2D eigenvalue weighted by Crippen LogP contribution is 2.22. The topological polar surface area (TPSA) is 90.9 Å². The van der Waals surface area contributed by atoms with Crippen molar-refractivity contribution in [2.75, 3.05) is 17.6 Å². The molecule has 0 unspecified atom stereocenters. The molecule has 0 heterocycles. The Balaban J connectivity index is 1.91. The van der Waals surface area contributed by atoms with Crippen LogP contribution in [0.5, 0.6) is 0 Å². The summed E-state index contributed by atoms with van der Waals surface area (Å²) in [6, 6.07) is 14.6. The van der Waals surface area contributed by atoms with Gasteiger partial charge in [-0.2, -0.15) is 5.26 Å². The molecule has 2 aromatic carbocycles. The van der Waals surface area contributed by atoms with Crippen LogP contribution in [-0.2, 0) is 11.2 Å². The van der Waals surface area contributed by atoms with E-state index in [0.29, 0.717) is 22.9 Å². The van der Waals surface area contributed by atoms with Gasteiger partial charge in [-0.05, 0) is 42.3 Å². The van der Waals surface area contributed by atoms with E-state index in [9.17, 15) is 4.79 Å². The molecule has 0 aliphatic carbocycles. The monoisotopic (exact) mass is 418 g/mol. The SMILES string of the molecule is N#C/C(=C/NCCc1cccc(Br)c1)C(=O)Nc1ccc(N)c(Cl)c1. The fourth-order valence-electron chi connectivity index (χ4n) is 2.04. The number of hydrogen-bond donors (Lipinski definition) is 3. The van der Waals surface area contributed by atoms with Crippen molar-refractivity contribution in [1.29, 1.82) is 5.26 Å². The molecule has 0 aliphatic rings. The number of nitrogen functional groups attached to an aromatic ring is 1. The number of benzene rings is 2. The second-order valence-electron chi connectivity index (χ2n) is 5.19. The van der Waals surface area contributed by atoms with Crippen LogP contribution in [0.1, 0.15) is 5.56 Å². The minimum Gasteiger partial charge on any atom is -0.398 e. The molecular weight excluding hydrogens is 404 g/mol. The first-order valence-corrected chi connectivity index (χ1v) is 8.61. The summed E-state index contributed by atoms with van der Waals surface area (Å²) in [5.74, 6) is -0.515. The zero-order valence-corrected chi connectivity index (χ0v) is 15.6. The van der Waals surface area contributed by atoms with Gasteiger partial charge in [0, 0.05) is 22.9 Å². The number of amides is 1. The van der Waals surface area contributed by atoms with E-state index in [-0.39, 0.29) is 5.57 Å². The lowest BCUT2D eigenvalue weighted by atomic mass is 10.1. The van der Waals surface area contributed by atoms with Gasteiger partial charge in [0.15, 0.2) is 0 Å². The summed E-state index contributed by atoms with van der Waals surface area (Å²) >= 11 is 9.33. The van der Waals surface area contributed by atoms with Gasteiger partial charge < -0.3 is 16.4 Å². The summed E-state index contributed by atoms with van der Waals surface area (Å²) in [5, 5.41) is 15.1. The lowest BCUT2D eigenvalue weighted by Gasteiger charge is -2.07. The maximum absolute atomic E-state index is 12.1. The number of nitrogens with one attached hydrogen (secondary N) is 2. The minimum absolute atomic E-state index is 0.0258. The Bertz CT molecular complexity index is 845. The van der Waals surface area contributed by atoms with Crippen LogP contribution in [0.3, 0.4) is 0 Å². The predicted molar refractivity (Wildman–Crippen MR) is 104 cm³/mol. The number of nitrogens with two attached hydrogens (primary N) is 1. The van der Waals surface area contributed by atoms with Crippen LogP contribution >= 0.6 is 27.5 Å². The molecule has 0 aliphatic heterocycles. The maximum Gasteiger partial charge on any atom is 0.267 e. The molecule has 1 amide bonds. The van der Waals surface area contributed by atoms with Crippen molar-refractivity contribution in [2.24, 2.45) is 0 Å². The number of halogens is 2. The molecule has 0 saturated carbocycles. The first kappa shape index (κ1) is 18.8. The Kier molecular flexibility index (Phi) is 6.87. The van der Waals surface area contributed by atoms with Crippen LogP contribution < -0.4 is 16.4 Å². The Morgan fingerprint density at radius 2 is 2.12 bits per heavy atom. The summed E-state index contributed by atoms with van der Waals surface area (Å²) < 4.78 is 1.01. The molecule has 128 valence electrons. The quantitative estimate of drug-likeness (QED) is 0.287. The lowest BCUT2D eigenvalue weighted by Crippen LogP contribution is -2.18. The molecule has 4 N–H and O–H groups in total. The molecule has 2 aromatic rings. The fourth-order valence-corrected chi connectivity index (χ4v) is 2.66. The molecule has 0 radical (unpaired) electrons. The van der Waals surface area contributed by atoms with Crippen molar-refractivity contribution in [2.45, 2.75) is 6.42 Å². The van der Waals surface area contributed by atoms with Crippen LogP contribution in [0.2, 0.25) is 5.02 Å². The Morgan fingerprint density at radius 1 is 1.32 bits per heavy atom. The Labute approximate surface area is 159 Å². The fraction of sp³-hybridized carbons (Fsp3) is 0.111. The molecule has 0 saturated heterocycles. The lowest BCUT2D eigenvalue weighted by molar-refractivity contribution is -0.112. The van der Waals surface area contributed by atoms with Crippen molar-refractivity contribution >= 4 is 44.8 Å². The van der Waals surface area contributed by atoms with E-state index in [1.165, 1.54) is 12.3 Å². The molecule has 25 heavy (non-hydrogen) atoms. The Morgan fingerprint density at radius 3 is 2.80 bits per heavy atom. The van der Waals surface area contributed by atoms with E-state index in [2.05, 4.69) is 26.6 Å². The van der Waals surface area contributed by atoms with E-state index in [0.717, 1.165) is 16.5 Å². The van der Waals surface area contributed by atoms with Gasteiger partial charge in [0.25, 0.3) is 5.91 Å². The van der Waals surface area contributed by atoms with E-state index in [1.54, 1.807) is 12.1 Å². The summed E-state index contributed by atoms with van der Waals surface area (Å²) in [6.45, 7) is 0.600. The number of carbonyl (C=O) groups excluding carboxylic acids is 1. The average Bonchev–Trinajstić information content (AvgIpc) is 2.58. The number of hydrogen-bond acceptors (Lipinski definition) is 4. The molecule has 7 heteroatoms. The highest BCUT2D eigenvalue weighted by Gasteiger charge is 2.10. The maximum atomic E-state index is 12.1. The first-order valence-electron chi connectivity index (χ1n) is 7.44. The smallest absolute Gasteiger partial charge is 0.267 e. The molecule has 2 rings (SSSR count). The van der Waals surface area contributed by atoms with Crippen LogP contribution in [-0.4, -0.2) is 12.5 Å². The number of rotatable bonds is 6. The predicted octanol–water partition coefficient (Wildman–Crippen LogP) is 3.86. The molecule has 0 fully saturated rings. The van der Waals surface area contributed by atoms with E-state index >= 15 is 0 Å². The standard InChI is InChI=1S/C18H16BrClN4O/c19-14-3-1-2-12(8-14)6-7-23-11-13(10-21)18(25)24-15-4-5-17(22)16(20)9-15/h1-5,8-9,11,23H,6-7,22H2,(H,24,25)/b13-11-. The van der Waals surface area contributed by atoms with E-state index < -0.39 is 5.91 Å². The molecule has 0 aromatic heterocycles. The van der Waals surface area contributed by atoms with Crippen LogP contribution in [0.15, 0.2) is 58.7 Å². The molecular formula is C18H16BrClN4O. The minimum atomic E-state index is -0.515. The van der Waals surface area contributed by atoms with Gasteiger partial charge in [-0.25, -0.2) is 0 Å². The first-order chi connectivity index (χ1) is 12.0. The van der Waals surface area contributed by atoms with Crippen LogP contribution in [0.25, 0.3) is 0 Å². The average molecular weight is 420 g/mol. The third-order valence-corrected chi connectivity index (χ3v) is 4.14. The highest BCUT2D eigenvalue weighted by molar-refractivity contribution is 9.10. The van der Waals surface area contributed by atoms with Crippen molar-refractivity contribution in [3.63, 3.8) is 0 Å². The second kappa shape index (κ2) is 9.11. The van der Waals surface area contributed by atoms with Gasteiger partial charge in [-0.15, -0.1) is 0 Å². The van der Waals surface area contributed by atoms with Gasteiger partial charge in [-0.3, -0.25) is 4.79 Å². The second-order valence-corrected chi connectivity index (χ2v) is 6.52. The molecule has 0 spiro atoms. The third-order valence-electron chi connectivity index (χ3n) is 3.32. The number of nitrogens with zero attached hydrogens (tertiary/aromatic N) is 1. The number of nitriles is 1. The zero-order chi connectivity index (χ0) is 18.2. The molecule has 5 nitrogen and oxygen atoms in total. The normalized spacial score (nSPS) is 10.8. The summed E-state index contributed by atoms with van der Waals surface area (Å²) in [4.78, 5) is 12.1. The largest absolute Gasteiger partial charge is 0.398 e. The van der Waals surface area contributed by atoms with Gasteiger partial charge in [0.1, 0.15) is 11.6 Å². The van der Waals surface area contributed by atoms with Gasteiger partial charge in [0.05, 0.1) is 10.7 Å². The van der Waals surface area contributed by atoms with Crippen molar-refractivity contribution in [1.82, 2.24) is 5.32 Å². The number of carbonyl (C=O) groups is 1. The summed E-state index contributed by atoms with van der Waals surface area (Å²) in [6.07, 6.45) is 2.18. The van der Waals surface area contributed by atoms with E-state index in [4.69, 9.17) is 22.6 Å². The van der Waals surface area contributed by atoms with Gasteiger partial charge in [0.2, 0.25) is 0 Å². The Hall–Kier alpha value is -2.49. The summed E-state index contributed by atoms with van der Waals surface area (Å²) in [7, 11) is 0. The van der Waals surface area contributed by atoms with Crippen molar-refractivity contribution in [3.05, 3.63) is 69.3 Å². The highest BCUT2D eigenvalue weighted by atomic mass is 79.9.